The van der Waals surface area contributed by atoms with Crippen LogP contribution >= 0.6 is 11.8 Å². The van der Waals surface area contributed by atoms with E-state index in [4.69, 9.17) is 4.74 Å². The number of thioether (sulfide) groups is 1. The molecule has 4 rings (SSSR count). The van der Waals surface area contributed by atoms with Crippen LogP contribution in [0.15, 0.2) is 59.5 Å². The smallest absolute Gasteiger partial charge is 0.315 e. The predicted octanol–water partition coefficient (Wildman–Crippen LogP) is 5.02. The second-order valence-electron chi connectivity index (χ2n) is 6.75. The van der Waals surface area contributed by atoms with E-state index < -0.39 is 0 Å². The van der Waals surface area contributed by atoms with Gasteiger partial charge in [0.1, 0.15) is 11.6 Å². The second kappa shape index (κ2) is 8.10. The van der Waals surface area contributed by atoms with Crippen molar-refractivity contribution in [1.29, 1.82) is 0 Å². The van der Waals surface area contributed by atoms with E-state index >= 15 is 0 Å². The van der Waals surface area contributed by atoms with Crippen molar-refractivity contribution >= 4 is 28.6 Å². The van der Waals surface area contributed by atoms with Gasteiger partial charge in [0.2, 0.25) is 0 Å². The minimum absolute atomic E-state index is 0.170. The Morgan fingerprint density at radius 1 is 1.14 bits per heavy atom. The topological polar surface area (TPSA) is 50.4 Å². The summed E-state index contributed by atoms with van der Waals surface area (Å²) in [6.45, 7) is 0.422. The zero-order valence-electron chi connectivity index (χ0n) is 15.5. The summed E-state index contributed by atoms with van der Waals surface area (Å²) in [7, 11) is 1.65. The number of carbonyl (C=O) groups excluding carboxylic acids is 1. The van der Waals surface area contributed by atoms with Gasteiger partial charge < -0.3 is 15.4 Å². The summed E-state index contributed by atoms with van der Waals surface area (Å²) < 4.78 is 18.9. The number of methoxy groups -OCH3 is 1. The van der Waals surface area contributed by atoms with Crippen molar-refractivity contribution in [3.8, 4) is 5.75 Å². The molecule has 4 nitrogen and oxygen atoms in total. The summed E-state index contributed by atoms with van der Waals surface area (Å²) >= 11 is 1.69. The van der Waals surface area contributed by atoms with Crippen LogP contribution in [0.25, 0.3) is 10.8 Å². The summed E-state index contributed by atoms with van der Waals surface area (Å²) in [4.78, 5) is 13.4. The van der Waals surface area contributed by atoms with Gasteiger partial charge in [0.05, 0.1) is 13.2 Å². The number of hydrogen-bond donors (Lipinski definition) is 2. The number of rotatable bonds is 4. The molecule has 0 spiro atoms. The molecule has 0 aromatic heterocycles. The average molecular weight is 396 g/mol. The Hall–Kier alpha value is -2.73. The van der Waals surface area contributed by atoms with Crippen molar-refractivity contribution in [2.24, 2.45) is 0 Å². The van der Waals surface area contributed by atoms with E-state index in [1.807, 2.05) is 30.3 Å². The fourth-order valence-electron chi connectivity index (χ4n) is 3.42. The summed E-state index contributed by atoms with van der Waals surface area (Å²) in [6.07, 6.45) is 0.784. The van der Waals surface area contributed by atoms with E-state index in [2.05, 4.69) is 16.7 Å². The molecule has 1 aliphatic rings. The molecular formula is C22H21FN2O2S. The minimum atomic E-state index is -0.277. The molecule has 0 saturated carbocycles. The molecule has 1 unspecified atom stereocenters. The van der Waals surface area contributed by atoms with E-state index in [0.29, 0.717) is 6.54 Å². The molecule has 28 heavy (non-hydrogen) atoms. The van der Waals surface area contributed by atoms with Crippen molar-refractivity contribution in [3.63, 3.8) is 0 Å². The first kappa shape index (κ1) is 18.6. The van der Waals surface area contributed by atoms with Gasteiger partial charge in [0, 0.05) is 17.2 Å². The number of ether oxygens (including phenoxy) is 1. The molecule has 3 aromatic rings. The van der Waals surface area contributed by atoms with Gasteiger partial charge in [-0.3, -0.25) is 0 Å². The first-order valence-corrected chi connectivity index (χ1v) is 10.1. The van der Waals surface area contributed by atoms with Gasteiger partial charge in [-0.1, -0.05) is 18.2 Å². The lowest BCUT2D eigenvalue weighted by Crippen LogP contribution is -2.38. The highest BCUT2D eigenvalue weighted by atomic mass is 32.2. The molecule has 144 valence electrons. The van der Waals surface area contributed by atoms with Crippen LogP contribution in [0, 0.1) is 5.82 Å². The van der Waals surface area contributed by atoms with Gasteiger partial charge in [0.25, 0.3) is 0 Å². The molecule has 1 atom stereocenters. The summed E-state index contributed by atoms with van der Waals surface area (Å²) in [5.74, 6) is 1.44. The lowest BCUT2D eigenvalue weighted by atomic mass is 10.0. The van der Waals surface area contributed by atoms with Gasteiger partial charge in [-0.15, -0.1) is 11.8 Å². The highest BCUT2D eigenvalue weighted by molar-refractivity contribution is 7.99. The van der Waals surface area contributed by atoms with Gasteiger partial charge in [0.15, 0.2) is 0 Å². The number of hydrogen-bond acceptors (Lipinski definition) is 3. The molecule has 0 saturated heterocycles. The molecule has 3 aromatic carbocycles. The Balaban J connectivity index is 1.40. The number of nitrogens with one attached hydrogen (secondary N) is 2. The van der Waals surface area contributed by atoms with E-state index in [1.54, 1.807) is 24.9 Å². The van der Waals surface area contributed by atoms with Gasteiger partial charge >= 0.3 is 6.03 Å². The Morgan fingerprint density at radius 3 is 2.82 bits per heavy atom. The van der Waals surface area contributed by atoms with Crippen LogP contribution < -0.4 is 15.4 Å². The molecule has 0 radical (unpaired) electrons. The highest BCUT2D eigenvalue weighted by Gasteiger charge is 2.22. The van der Waals surface area contributed by atoms with Crippen molar-refractivity contribution in [2.45, 2.75) is 23.9 Å². The molecule has 1 aliphatic heterocycles. The van der Waals surface area contributed by atoms with Crippen molar-refractivity contribution in [3.05, 3.63) is 71.5 Å². The molecule has 1 heterocycles. The van der Waals surface area contributed by atoms with Crippen LogP contribution in [0.4, 0.5) is 9.18 Å². The molecule has 2 amide bonds. The third kappa shape index (κ3) is 4.07. The largest absolute Gasteiger partial charge is 0.497 e. The molecule has 0 aliphatic carbocycles. The second-order valence-corrected chi connectivity index (χ2v) is 7.88. The fourth-order valence-corrected chi connectivity index (χ4v) is 4.52. The quantitative estimate of drug-likeness (QED) is 0.651. The number of amides is 2. The third-order valence-electron chi connectivity index (χ3n) is 4.88. The molecule has 0 bridgehead atoms. The first-order chi connectivity index (χ1) is 13.6. The zero-order chi connectivity index (χ0) is 19.5. The van der Waals surface area contributed by atoms with Crippen LogP contribution in [0.1, 0.15) is 23.6 Å². The van der Waals surface area contributed by atoms with E-state index in [-0.39, 0.29) is 17.9 Å². The average Bonchev–Trinajstić information content (AvgIpc) is 2.72. The molecule has 6 heteroatoms. The van der Waals surface area contributed by atoms with Crippen LogP contribution in [0.3, 0.4) is 0 Å². The Bertz CT molecular complexity index is 1020. The predicted molar refractivity (Wildman–Crippen MR) is 110 cm³/mol. The van der Waals surface area contributed by atoms with Crippen molar-refractivity contribution < 1.29 is 13.9 Å². The number of fused-ring (bicyclic) bond motifs is 2. The number of benzene rings is 3. The van der Waals surface area contributed by atoms with Crippen LogP contribution in [0.2, 0.25) is 0 Å². The summed E-state index contributed by atoms with van der Waals surface area (Å²) in [6, 6.07) is 16.3. The van der Waals surface area contributed by atoms with Crippen molar-refractivity contribution in [2.75, 3.05) is 12.9 Å². The molecule has 2 N–H and O–H groups in total. The highest BCUT2D eigenvalue weighted by Crippen LogP contribution is 2.36. The summed E-state index contributed by atoms with van der Waals surface area (Å²) in [5.41, 5.74) is 1.87. The Kier molecular flexibility index (Phi) is 5.39. The number of halogens is 1. The standard InChI is InChI=1S/C22H21FN2O2S/c1-27-18-6-4-15-10-14(2-3-16(15)11-18)13-24-22(26)25-20-8-9-28-21-7-5-17(23)12-19(20)21/h2-7,10-12,20H,8-9,13H2,1H3,(H2,24,25,26). The normalized spacial score (nSPS) is 15.7. The molecular weight excluding hydrogens is 375 g/mol. The maximum Gasteiger partial charge on any atom is 0.315 e. The van der Waals surface area contributed by atoms with Crippen LogP contribution in [-0.2, 0) is 6.54 Å². The summed E-state index contributed by atoms with van der Waals surface area (Å²) in [5, 5.41) is 8.06. The fraction of sp³-hybridized carbons (Fsp3) is 0.227. The maximum absolute atomic E-state index is 13.6. The van der Waals surface area contributed by atoms with E-state index in [9.17, 15) is 9.18 Å². The minimum Gasteiger partial charge on any atom is -0.497 e. The van der Waals surface area contributed by atoms with E-state index in [1.165, 1.54) is 12.1 Å². The van der Waals surface area contributed by atoms with Gasteiger partial charge in [-0.2, -0.15) is 0 Å². The van der Waals surface area contributed by atoms with E-state index in [0.717, 1.165) is 44.7 Å². The monoisotopic (exact) mass is 396 g/mol. The van der Waals surface area contributed by atoms with Crippen molar-refractivity contribution in [1.82, 2.24) is 10.6 Å². The Morgan fingerprint density at radius 2 is 1.96 bits per heavy atom. The number of urea groups is 1. The van der Waals surface area contributed by atoms with Gasteiger partial charge in [-0.05, 0) is 64.7 Å². The lowest BCUT2D eigenvalue weighted by Gasteiger charge is -2.26. The molecule has 0 fully saturated rings. The SMILES string of the molecule is COc1ccc2cc(CNC(=O)NC3CCSc4ccc(F)cc43)ccc2c1. The first-order valence-electron chi connectivity index (χ1n) is 9.16. The van der Waals surface area contributed by atoms with Crippen LogP contribution in [0.5, 0.6) is 5.75 Å². The maximum atomic E-state index is 13.6. The zero-order valence-corrected chi connectivity index (χ0v) is 16.3. The Labute approximate surface area is 167 Å². The lowest BCUT2D eigenvalue weighted by molar-refractivity contribution is 0.236. The van der Waals surface area contributed by atoms with Gasteiger partial charge in [-0.25, -0.2) is 9.18 Å². The van der Waals surface area contributed by atoms with Crippen LogP contribution in [-0.4, -0.2) is 18.9 Å². The third-order valence-corrected chi connectivity index (χ3v) is 6.00. The number of carbonyl (C=O) groups is 1.